The van der Waals surface area contributed by atoms with E-state index in [1.165, 1.54) is 16.8 Å². The Labute approximate surface area is 131 Å². The molecule has 2 rings (SSSR count). The Bertz CT molecular complexity index is 839. The maximum absolute atomic E-state index is 10.7. The van der Waals surface area contributed by atoms with Crippen LogP contribution in [-0.4, -0.2) is 14.7 Å². The number of benzene rings is 1. The lowest BCUT2D eigenvalue weighted by Crippen LogP contribution is -2.09. The lowest BCUT2D eigenvalue weighted by atomic mass is 10.1. The maximum atomic E-state index is 10.7. The molecule has 0 N–H and O–H groups in total. The molecule has 0 bridgehead atoms. The van der Waals surface area contributed by atoms with Crippen molar-refractivity contribution in [3.05, 3.63) is 57.3 Å². The van der Waals surface area contributed by atoms with Crippen molar-refractivity contribution >= 4 is 11.9 Å². The summed E-state index contributed by atoms with van der Waals surface area (Å²) in [5.41, 5.74) is 1.09. The van der Waals surface area contributed by atoms with Crippen LogP contribution in [-0.2, 0) is 6.73 Å². The fraction of sp³-hybridized carbons (Fsp3) is 0.133. The monoisotopic (exact) mass is 309 g/mol. The molecule has 8 heteroatoms. The molecule has 1 aromatic carbocycles. The van der Waals surface area contributed by atoms with E-state index in [2.05, 4.69) is 5.10 Å². The minimum Gasteiger partial charge on any atom is -0.469 e. The molecule has 0 aliphatic rings. The van der Waals surface area contributed by atoms with Crippen molar-refractivity contribution in [2.45, 2.75) is 13.7 Å². The van der Waals surface area contributed by atoms with Gasteiger partial charge in [-0.25, -0.2) is 0 Å². The molecule has 0 aliphatic heterocycles. The van der Waals surface area contributed by atoms with Gasteiger partial charge in [-0.2, -0.15) is 10.5 Å². The molecular weight excluding hydrogens is 298 g/mol. The topological polar surface area (TPSA) is 118 Å². The maximum Gasteiger partial charge on any atom is 0.390 e. The molecule has 0 aliphatic carbocycles. The highest BCUT2D eigenvalue weighted by Gasteiger charge is 2.15. The second kappa shape index (κ2) is 6.87. The number of hydrogen-bond acceptors (Lipinski definition) is 6. The largest absolute Gasteiger partial charge is 0.469 e. The fourth-order valence-corrected chi connectivity index (χ4v) is 1.82. The van der Waals surface area contributed by atoms with Crippen LogP contribution in [0, 0.1) is 39.7 Å². The third-order valence-electron chi connectivity index (χ3n) is 2.96. The van der Waals surface area contributed by atoms with Gasteiger partial charge >= 0.3 is 5.82 Å². The standard InChI is InChI=1S/C15H11N5O3/c1-11-6-15(20(21)22)18-19(11)10-23-14-5-3-2-4-13(14)7-12(8-16)9-17/h2-7H,10H2,1H3. The molecule has 23 heavy (non-hydrogen) atoms. The predicted octanol–water partition coefficient (Wildman–Crippen LogP) is 2.57. The number of ether oxygens (including phenoxy) is 1. The first-order chi connectivity index (χ1) is 11.0. The molecular formula is C15H11N5O3. The fourth-order valence-electron chi connectivity index (χ4n) is 1.82. The Hall–Kier alpha value is -3.65. The Morgan fingerprint density at radius 1 is 1.43 bits per heavy atom. The van der Waals surface area contributed by atoms with Gasteiger partial charge in [0, 0.05) is 5.56 Å². The smallest absolute Gasteiger partial charge is 0.390 e. The summed E-state index contributed by atoms with van der Waals surface area (Å²) >= 11 is 0. The number of rotatable bonds is 5. The predicted molar refractivity (Wildman–Crippen MR) is 79.9 cm³/mol. The number of para-hydroxylation sites is 1. The van der Waals surface area contributed by atoms with Crippen LogP contribution >= 0.6 is 0 Å². The van der Waals surface area contributed by atoms with Gasteiger partial charge in [-0.3, -0.25) is 0 Å². The summed E-state index contributed by atoms with van der Waals surface area (Å²) in [6, 6.07) is 11.8. The highest BCUT2D eigenvalue weighted by atomic mass is 16.6. The Kier molecular flexibility index (Phi) is 4.70. The van der Waals surface area contributed by atoms with Crippen LogP contribution in [0.25, 0.3) is 6.08 Å². The SMILES string of the molecule is Cc1cc([N+](=O)[O-])nn1COc1ccccc1C=C(C#N)C#N. The number of aromatic nitrogens is 2. The first kappa shape index (κ1) is 15.7. The highest BCUT2D eigenvalue weighted by Crippen LogP contribution is 2.21. The first-order valence-corrected chi connectivity index (χ1v) is 6.47. The van der Waals surface area contributed by atoms with Crippen molar-refractivity contribution in [2.24, 2.45) is 0 Å². The van der Waals surface area contributed by atoms with Crippen molar-refractivity contribution in [3.8, 4) is 17.9 Å². The zero-order chi connectivity index (χ0) is 16.8. The summed E-state index contributed by atoms with van der Waals surface area (Å²) in [4.78, 5) is 10.1. The van der Waals surface area contributed by atoms with Gasteiger partial charge in [0.25, 0.3) is 0 Å². The summed E-state index contributed by atoms with van der Waals surface area (Å²) < 4.78 is 6.96. The van der Waals surface area contributed by atoms with Crippen LogP contribution in [0.1, 0.15) is 11.3 Å². The van der Waals surface area contributed by atoms with Crippen molar-refractivity contribution in [2.75, 3.05) is 0 Å². The van der Waals surface area contributed by atoms with Crippen LogP contribution in [0.5, 0.6) is 5.75 Å². The lowest BCUT2D eigenvalue weighted by Gasteiger charge is -2.08. The summed E-state index contributed by atoms with van der Waals surface area (Å²) in [5, 5.41) is 32.2. The van der Waals surface area contributed by atoms with E-state index in [0.717, 1.165) is 0 Å². The van der Waals surface area contributed by atoms with Gasteiger partial charge in [0.15, 0.2) is 0 Å². The molecule has 2 aromatic rings. The second-order valence-corrected chi connectivity index (χ2v) is 4.49. The van der Waals surface area contributed by atoms with Gasteiger partial charge in [-0.1, -0.05) is 18.2 Å². The van der Waals surface area contributed by atoms with Crippen LogP contribution in [0.4, 0.5) is 5.82 Å². The average molecular weight is 309 g/mol. The molecule has 0 saturated heterocycles. The van der Waals surface area contributed by atoms with E-state index in [9.17, 15) is 10.1 Å². The molecule has 0 fully saturated rings. The number of nitriles is 2. The van der Waals surface area contributed by atoms with E-state index >= 15 is 0 Å². The minimum atomic E-state index is -0.577. The van der Waals surface area contributed by atoms with Crippen LogP contribution in [0.2, 0.25) is 0 Å². The quantitative estimate of drug-likeness (QED) is 0.476. The number of allylic oxidation sites excluding steroid dienone is 1. The minimum absolute atomic E-state index is 0.0288. The Morgan fingerprint density at radius 3 is 2.74 bits per heavy atom. The molecule has 8 nitrogen and oxygen atoms in total. The molecule has 0 amide bonds. The third kappa shape index (κ3) is 3.71. The normalized spacial score (nSPS) is 9.52. The average Bonchev–Trinajstić information content (AvgIpc) is 2.93. The van der Waals surface area contributed by atoms with Crippen molar-refractivity contribution in [1.29, 1.82) is 10.5 Å². The summed E-state index contributed by atoms with van der Waals surface area (Å²) in [6.45, 7) is 1.65. The second-order valence-electron chi connectivity index (χ2n) is 4.49. The Morgan fingerprint density at radius 2 is 2.13 bits per heavy atom. The molecule has 1 aromatic heterocycles. The van der Waals surface area contributed by atoms with Gasteiger partial charge in [0.2, 0.25) is 6.73 Å². The summed E-state index contributed by atoms with van der Waals surface area (Å²) in [7, 11) is 0. The zero-order valence-electron chi connectivity index (χ0n) is 12.1. The van der Waals surface area contributed by atoms with Gasteiger partial charge < -0.3 is 14.9 Å². The van der Waals surface area contributed by atoms with E-state index in [1.54, 1.807) is 43.3 Å². The summed E-state index contributed by atoms with van der Waals surface area (Å²) in [6.07, 6.45) is 1.41. The highest BCUT2D eigenvalue weighted by molar-refractivity contribution is 5.66. The van der Waals surface area contributed by atoms with Crippen LogP contribution < -0.4 is 4.74 Å². The van der Waals surface area contributed by atoms with E-state index in [0.29, 0.717) is 17.0 Å². The number of aryl methyl sites for hydroxylation is 1. The molecule has 0 unspecified atom stereocenters. The molecule has 0 atom stereocenters. The van der Waals surface area contributed by atoms with Crippen molar-refractivity contribution in [1.82, 2.24) is 9.78 Å². The van der Waals surface area contributed by atoms with Crippen LogP contribution in [0.15, 0.2) is 35.9 Å². The van der Waals surface area contributed by atoms with Crippen molar-refractivity contribution in [3.63, 3.8) is 0 Å². The number of nitro groups is 1. The van der Waals surface area contributed by atoms with E-state index in [4.69, 9.17) is 15.3 Å². The van der Waals surface area contributed by atoms with Crippen LogP contribution in [0.3, 0.4) is 0 Å². The lowest BCUT2D eigenvalue weighted by molar-refractivity contribution is -0.389. The summed E-state index contributed by atoms with van der Waals surface area (Å²) in [5.74, 6) is 0.184. The van der Waals surface area contributed by atoms with Gasteiger partial charge in [0.1, 0.15) is 23.5 Å². The molecule has 0 saturated carbocycles. The van der Waals surface area contributed by atoms with Crippen molar-refractivity contribution < 1.29 is 9.66 Å². The van der Waals surface area contributed by atoms with Gasteiger partial charge in [-0.15, -0.1) is 4.68 Å². The van der Waals surface area contributed by atoms with E-state index < -0.39 is 4.92 Å². The molecule has 1 heterocycles. The molecule has 0 radical (unpaired) electrons. The zero-order valence-corrected chi connectivity index (χ0v) is 12.1. The van der Waals surface area contributed by atoms with Gasteiger partial charge in [-0.05, 0) is 24.0 Å². The third-order valence-corrected chi connectivity index (χ3v) is 2.96. The molecule has 0 spiro atoms. The molecule has 114 valence electrons. The van der Waals surface area contributed by atoms with Gasteiger partial charge in [0.05, 0.1) is 16.9 Å². The number of hydrogen-bond donors (Lipinski definition) is 0. The van der Waals surface area contributed by atoms with E-state index in [1.807, 2.05) is 0 Å². The Balaban J connectivity index is 2.22. The van der Waals surface area contributed by atoms with E-state index in [-0.39, 0.29) is 18.1 Å². The number of nitrogens with zero attached hydrogens (tertiary/aromatic N) is 5. The first-order valence-electron chi connectivity index (χ1n) is 6.47.